The predicted octanol–water partition coefficient (Wildman–Crippen LogP) is 9.20. The normalized spacial score (nSPS) is 20.5. The molecule has 0 spiro atoms. The van der Waals surface area contributed by atoms with Gasteiger partial charge in [-0.1, -0.05) is 105 Å². The van der Waals surface area contributed by atoms with Gasteiger partial charge in [-0.3, -0.25) is 0 Å². The van der Waals surface area contributed by atoms with Gasteiger partial charge in [-0.15, -0.1) is 0 Å². The molecule has 0 bridgehead atoms. The average molecular weight is 363 g/mol. The summed E-state index contributed by atoms with van der Waals surface area (Å²) in [6, 6.07) is 0. The van der Waals surface area contributed by atoms with E-state index in [1.54, 1.807) is 5.57 Å². The Kier molecular flexibility index (Phi) is 12.7. The molecule has 0 N–H and O–H groups in total. The van der Waals surface area contributed by atoms with Crippen LogP contribution >= 0.6 is 0 Å². The van der Waals surface area contributed by atoms with E-state index in [0.29, 0.717) is 0 Å². The Labute approximate surface area is 166 Å². The fourth-order valence-electron chi connectivity index (χ4n) is 5.44. The lowest BCUT2D eigenvalue weighted by atomic mass is 9.65. The molecule has 0 aromatic rings. The smallest absolute Gasteiger partial charge is 0.0206 e. The zero-order chi connectivity index (χ0) is 19.4. The summed E-state index contributed by atoms with van der Waals surface area (Å²) in [6.07, 6.45) is 20.8. The first-order chi connectivity index (χ1) is 12.6. The van der Waals surface area contributed by atoms with E-state index < -0.39 is 0 Å². The number of hydrogen-bond acceptors (Lipinski definition) is 0. The molecule has 1 saturated carbocycles. The van der Waals surface area contributed by atoms with Gasteiger partial charge in [0.15, 0.2) is 0 Å². The van der Waals surface area contributed by atoms with E-state index in [1.807, 2.05) is 0 Å². The second-order valence-corrected chi connectivity index (χ2v) is 9.34. The highest BCUT2D eigenvalue weighted by atomic mass is 14.4. The van der Waals surface area contributed by atoms with Crippen LogP contribution in [0.1, 0.15) is 125 Å². The molecule has 1 fully saturated rings. The maximum atomic E-state index is 2.63. The average Bonchev–Trinajstić information content (AvgIpc) is 2.60. The summed E-state index contributed by atoms with van der Waals surface area (Å²) >= 11 is 0. The summed E-state index contributed by atoms with van der Waals surface area (Å²) in [5.74, 6) is 4.75. The molecular formula is C26H50. The first-order valence-electron chi connectivity index (χ1n) is 12.3. The van der Waals surface area contributed by atoms with E-state index in [2.05, 4.69) is 47.6 Å². The molecule has 1 aliphatic rings. The van der Waals surface area contributed by atoms with Crippen molar-refractivity contribution in [2.75, 3.05) is 0 Å². The molecule has 0 saturated heterocycles. The van der Waals surface area contributed by atoms with Crippen LogP contribution in [0.25, 0.3) is 0 Å². The highest BCUT2D eigenvalue weighted by Gasteiger charge is 2.33. The minimum atomic E-state index is 0.854. The number of hydrogen-bond donors (Lipinski definition) is 0. The highest BCUT2D eigenvalue weighted by Crippen LogP contribution is 2.43. The van der Waals surface area contributed by atoms with Gasteiger partial charge in [0.1, 0.15) is 0 Å². The Balaban J connectivity index is 2.42. The van der Waals surface area contributed by atoms with Gasteiger partial charge < -0.3 is 0 Å². The molecule has 4 atom stereocenters. The SMILES string of the molecule is CCCC(=CCCCCC(C)C(C(C)CC)C1CCC1)C(CC)CCC. The number of unbranched alkanes of at least 4 members (excludes halogenated alkanes) is 2. The van der Waals surface area contributed by atoms with Crippen molar-refractivity contribution in [2.24, 2.45) is 29.6 Å². The van der Waals surface area contributed by atoms with E-state index in [-0.39, 0.29) is 0 Å². The van der Waals surface area contributed by atoms with Crippen LogP contribution in [0.4, 0.5) is 0 Å². The van der Waals surface area contributed by atoms with Crippen molar-refractivity contribution in [1.82, 2.24) is 0 Å². The van der Waals surface area contributed by atoms with Crippen LogP contribution in [-0.4, -0.2) is 0 Å². The molecule has 1 aliphatic carbocycles. The monoisotopic (exact) mass is 362 g/mol. The summed E-state index contributed by atoms with van der Waals surface area (Å²) in [5.41, 5.74) is 1.77. The largest absolute Gasteiger partial charge is 0.0851 e. The zero-order valence-corrected chi connectivity index (χ0v) is 19.2. The summed E-state index contributed by atoms with van der Waals surface area (Å²) in [7, 11) is 0. The van der Waals surface area contributed by atoms with Crippen molar-refractivity contribution in [1.29, 1.82) is 0 Å². The molecule has 0 aromatic carbocycles. The molecular weight excluding hydrogens is 312 g/mol. The maximum absolute atomic E-state index is 2.63. The minimum absolute atomic E-state index is 0.854. The van der Waals surface area contributed by atoms with Crippen LogP contribution in [0.15, 0.2) is 11.6 Å². The fourth-order valence-corrected chi connectivity index (χ4v) is 5.44. The van der Waals surface area contributed by atoms with Crippen LogP contribution in [0.2, 0.25) is 0 Å². The molecule has 0 aliphatic heterocycles. The molecule has 0 nitrogen and oxygen atoms in total. The second-order valence-electron chi connectivity index (χ2n) is 9.34. The number of allylic oxidation sites excluding steroid dienone is 2. The topological polar surface area (TPSA) is 0 Å². The molecule has 4 unspecified atom stereocenters. The molecule has 0 amide bonds. The van der Waals surface area contributed by atoms with Crippen LogP contribution < -0.4 is 0 Å². The Morgan fingerprint density at radius 3 is 2.12 bits per heavy atom. The fraction of sp³-hybridized carbons (Fsp3) is 0.923. The molecule has 0 aromatic heterocycles. The van der Waals surface area contributed by atoms with Gasteiger partial charge in [0.25, 0.3) is 0 Å². The Morgan fingerprint density at radius 1 is 0.885 bits per heavy atom. The number of rotatable bonds is 15. The van der Waals surface area contributed by atoms with Gasteiger partial charge in [0.2, 0.25) is 0 Å². The Hall–Kier alpha value is -0.260. The van der Waals surface area contributed by atoms with Crippen molar-refractivity contribution in [3.05, 3.63) is 11.6 Å². The first-order valence-corrected chi connectivity index (χ1v) is 12.3. The van der Waals surface area contributed by atoms with Crippen molar-refractivity contribution < 1.29 is 0 Å². The standard InChI is InChI=1S/C26H50/c1-7-15-23(10-4)24(16-8-2)18-13-11-12-17-22(6)26(21(5)9-3)25-19-14-20-25/h18,21-23,25-26H,7-17,19-20H2,1-6H3. The molecule has 154 valence electrons. The molecule has 1 rings (SSSR count). The van der Waals surface area contributed by atoms with E-state index >= 15 is 0 Å². The third-order valence-corrected chi connectivity index (χ3v) is 7.37. The van der Waals surface area contributed by atoms with Gasteiger partial charge in [-0.25, -0.2) is 0 Å². The summed E-state index contributed by atoms with van der Waals surface area (Å²) < 4.78 is 0. The van der Waals surface area contributed by atoms with Crippen LogP contribution in [0.5, 0.6) is 0 Å². The third kappa shape index (κ3) is 7.77. The third-order valence-electron chi connectivity index (χ3n) is 7.37. The first kappa shape index (κ1) is 23.8. The van der Waals surface area contributed by atoms with Crippen molar-refractivity contribution in [3.8, 4) is 0 Å². The molecule has 0 heterocycles. The van der Waals surface area contributed by atoms with E-state index in [4.69, 9.17) is 0 Å². The quantitative estimate of drug-likeness (QED) is 0.201. The van der Waals surface area contributed by atoms with Crippen LogP contribution in [0.3, 0.4) is 0 Å². The van der Waals surface area contributed by atoms with Gasteiger partial charge in [0.05, 0.1) is 0 Å². The van der Waals surface area contributed by atoms with Gasteiger partial charge in [-0.2, -0.15) is 0 Å². The molecule has 0 radical (unpaired) electrons. The molecule has 0 heteroatoms. The van der Waals surface area contributed by atoms with E-state index in [0.717, 1.165) is 29.6 Å². The lowest BCUT2D eigenvalue weighted by Crippen LogP contribution is -2.32. The van der Waals surface area contributed by atoms with Crippen LogP contribution in [0, 0.1) is 29.6 Å². The predicted molar refractivity (Wildman–Crippen MR) is 120 cm³/mol. The van der Waals surface area contributed by atoms with Gasteiger partial charge >= 0.3 is 0 Å². The Morgan fingerprint density at radius 2 is 1.62 bits per heavy atom. The summed E-state index contributed by atoms with van der Waals surface area (Å²) in [4.78, 5) is 0. The zero-order valence-electron chi connectivity index (χ0n) is 19.2. The lowest BCUT2D eigenvalue weighted by molar-refractivity contribution is 0.0919. The minimum Gasteiger partial charge on any atom is -0.0851 e. The Bertz CT molecular complexity index is 357. The summed E-state index contributed by atoms with van der Waals surface area (Å²) in [6.45, 7) is 14.5. The van der Waals surface area contributed by atoms with Crippen LogP contribution in [-0.2, 0) is 0 Å². The van der Waals surface area contributed by atoms with Crippen molar-refractivity contribution in [3.63, 3.8) is 0 Å². The van der Waals surface area contributed by atoms with Crippen molar-refractivity contribution >= 4 is 0 Å². The second kappa shape index (κ2) is 13.8. The van der Waals surface area contributed by atoms with Gasteiger partial charge in [0, 0.05) is 0 Å². The molecule has 26 heavy (non-hydrogen) atoms. The summed E-state index contributed by atoms with van der Waals surface area (Å²) in [5, 5.41) is 0. The lowest BCUT2D eigenvalue weighted by Gasteiger charge is -2.41. The van der Waals surface area contributed by atoms with E-state index in [9.17, 15) is 0 Å². The van der Waals surface area contributed by atoms with Gasteiger partial charge in [-0.05, 0) is 61.7 Å². The highest BCUT2D eigenvalue weighted by molar-refractivity contribution is 5.06. The maximum Gasteiger partial charge on any atom is -0.0206 e. The van der Waals surface area contributed by atoms with E-state index in [1.165, 1.54) is 83.5 Å². The van der Waals surface area contributed by atoms with Crippen molar-refractivity contribution in [2.45, 2.75) is 125 Å².